The van der Waals surface area contributed by atoms with Gasteiger partial charge in [-0.3, -0.25) is 14.3 Å². The molecule has 1 rings (SSSR count). The molecular formula is C14H26N6O2. The van der Waals surface area contributed by atoms with E-state index in [4.69, 9.17) is 5.73 Å². The Labute approximate surface area is 131 Å². The van der Waals surface area contributed by atoms with Crippen molar-refractivity contribution in [2.75, 3.05) is 32.5 Å². The van der Waals surface area contributed by atoms with Crippen LogP contribution >= 0.6 is 0 Å². The number of nitrogens with one attached hydrogen (secondary N) is 2. The lowest BCUT2D eigenvalue weighted by Crippen LogP contribution is -2.33. The minimum absolute atomic E-state index is 0.000616. The van der Waals surface area contributed by atoms with Gasteiger partial charge in [0.1, 0.15) is 6.54 Å². The summed E-state index contributed by atoms with van der Waals surface area (Å²) in [4.78, 5) is 25.4. The van der Waals surface area contributed by atoms with Gasteiger partial charge < -0.3 is 21.3 Å². The van der Waals surface area contributed by atoms with E-state index in [2.05, 4.69) is 15.7 Å². The van der Waals surface area contributed by atoms with Crippen molar-refractivity contribution in [3.63, 3.8) is 0 Å². The summed E-state index contributed by atoms with van der Waals surface area (Å²) < 4.78 is 1.49. The summed E-state index contributed by atoms with van der Waals surface area (Å²) in [5.74, 6) is -0.216. The molecule has 0 aliphatic heterocycles. The Kier molecular flexibility index (Phi) is 7.55. The van der Waals surface area contributed by atoms with Crippen molar-refractivity contribution in [2.24, 2.45) is 5.73 Å². The van der Waals surface area contributed by atoms with E-state index in [1.807, 2.05) is 25.9 Å². The highest BCUT2D eigenvalue weighted by Gasteiger charge is 2.08. The topological polar surface area (TPSA) is 105 Å². The first-order chi connectivity index (χ1) is 10.4. The molecule has 2 amide bonds. The number of rotatable bonds is 9. The minimum Gasteiger partial charge on any atom is -0.353 e. The molecule has 4 N–H and O–H groups in total. The average molecular weight is 310 g/mol. The molecule has 1 heterocycles. The predicted octanol–water partition coefficient (Wildman–Crippen LogP) is -0.373. The Morgan fingerprint density at radius 2 is 2.14 bits per heavy atom. The number of aromatic nitrogens is 2. The number of carbonyl (C=O) groups is 2. The fourth-order valence-corrected chi connectivity index (χ4v) is 1.72. The first kappa shape index (κ1) is 18.1. The normalized spacial score (nSPS) is 12.2. The Morgan fingerprint density at radius 3 is 2.77 bits per heavy atom. The molecule has 0 saturated carbocycles. The largest absolute Gasteiger partial charge is 0.353 e. The molecule has 0 aromatic carbocycles. The Balaban J connectivity index is 2.34. The first-order valence-corrected chi connectivity index (χ1v) is 7.36. The molecule has 0 saturated heterocycles. The lowest BCUT2D eigenvalue weighted by atomic mass is 10.2. The molecule has 1 aromatic rings. The zero-order valence-electron chi connectivity index (χ0n) is 13.5. The van der Waals surface area contributed by atoms with Gasteiger partial charge in [-0.2, -0.15) is 5.10 Å². The van der Waals surface area contributed by atoms with E-state index in [1.54, 1.807) is 6.20 Å². The summed E-state index contributed by atoms with van der Waals surface area (Å²) >= 11 is 0. The molecule has 8 heteroatoms. The number of likely N-dealkylation sites (N-methyl/N-ethyl adjacent to an activating group) is 1. The fraction of sp³-hybridized carbons (Fsp3) is 0.643. The van der Waals surface area contributed by atoms with Crippen molar-refractivity contribution >= 4 is 17.5 Å². The van der Waals surface area contributed by atoms with Crippen LogP contribution in [0.4, 0.5) is 5.69 Å². The number of carbonyl (C=O) groups excluding carboxylic acids is 2. The minimum atomic E-state index is -0.111. The molecule has 124 valence electrons. The first-order valence-electron chi connectivity index (χ1n) is 7.36. The van der Waals surface area contributed by atoms with Crippen molar-refractivity contribution < 1.29 is 9.59 Å². The van der Waals surface area contributed by atoms with Crippen LogP contribution in [0.15, 0.2) is 12.4 Å². The van der Waals surface area contributed by atoms with Gasteiger partial charge >= 0.3 is 0 Å². The second kappa shape index (κ2) is 9.16. The number of hydrogen-bond donors (Lipinski definition) is 3. The molecule has 0 aliphatic rings. The van der Waals surface area contributed by atoms with E-state index in [0.29, 0.717) is 25.1 Å². The molecule has 1 unspecified atom stereocenters. The average Bonchev–Trinajstić information content (AvgIpc) is 2.83. The van der Waals surface area contributed by atoms with Crippen LogP contribution in [0.1, 0.15) is 19.8 Å². The van der Waals surface area contributed by atoms with Gasteiger partial charge in [0.2, 0.25) is 11.8 Å². The zero-order valence-corrected chi connectivity index (χ0v) is 13.5. The van der Waals surface area contributed by atoms with E-state index in [9.17, 15) is 9.59 Å². The van der Waals surface area contributed by atoms with Crippen LogP contribution in [-0.4, -0.2) is 59.7 Å². The number of anilines is 1. The SMILES string of the molecule is CC(N)CCC(=O)Nc1cnn(CC(=O)NCCN(C)C)c1. The van der Waals surface area contributed by atoms with Gasteiger partial charge in [-0.25, -0.2) is 0 Å². The lowest BCUT2D eigenvalue weighted by Gasteiger charge is -2.10. The molecule has 0 bridgehead atoms. The third kappa shape index (κ3) is 7.75. The van der Waals surface area contributed by atoms with Gasteiger partial charge in [0, 0.05) is 31.7 Å². The van der Waals surface area contributed by atoms with E-state index >= 15 is 0 Å². The van der Waals surface area contributed by atoms with Gasteiger partial charge in [0.05, 0.1) is 11.9 Å². The maximum absolute atomic E-state index is 11.7. The highest BCUT2D eigenvalue weighted by atomic mass is 16.2. The van der Waals surface area contributed by atoms with Crippen LogP contribution in [0.3, 0.4) is 0 Å². The van der Waals surface area contributed by atoms with Crippen LogP contribution < -0.4 is 16.4 Å². The van der Waals surface area contributed by atoms with Gasteiger partial charge in [0.25, 0.3) is 0 Å². The predicted molar refractivity (Wildman–Crippen MR) is 85.3 cm³/mol. The van der Waals surface area contributed by atoms with Crippen LogP contribution in [0, 0.1) is 0 Å². The highest BCUT2D eigenvalue weighted by Crippen LogP contribution is 2.06. The van der Waals surface area contributed by atoms with Crippen molar-refractivity contribution in [2.45, 2.75) is 32.4 Å². The van der Waals surface area contributed by atoms with Crippen LogP contribution in [0.25, 0.3) is 0 Å². The molecule has 1 atom stereocenters. The number of nitrogens with zero attached hydrogens (tertiary/aromatic N) is 3. The van der Waals surface area contributed by atoms with Crippen molar-refractivity contribution in [1.29, 1.82) is 0 Å². The van der Waals surface area contributed by atoms with E-state index < -0.39 is 0 Å². The van der Waals surface area contributed by atoms with Gasteiger partial charge in [0.15, 0.2) is 0 Å². The molecule has 0 fully saturated rings. The van der Waals surface area contributed by atoms with Gasteiger partial charge in [-0.15, -0.1) is 0 Å². The van der Waals surface area contributed by atoms with Gasteiger partial charge in [-0.05, 0) is 27.4 Å². The van der Waals surface area contributed by atoms with E-state index in [0.717, 1.165) is 6.54 Å². The molecule has 8 nitrogen and oxygen atoms in total. The second-order valence-electron chi connectivity index (χ2n) is 5.64. The Morgan fingerprint density at radius 1 is 1.41 bits per heavy atom. The molecule has 0 spiro atoms. The van der Waals surface area contributed by atoms with Crippen molar-refractivity contribution in [3.8, 4) is 0 Å². The third-order valence-corrected chi connectivity index (χ3v) is 2.93. The lowest BCUT2D eigenvalue weighted by molar-refractivity contribution is -0.121. The highest BCUT2D eigenvalue weighted by molar-refractivity contribution is 5.90. The Hall–Kier alpha value is -1.93. The van der Waals surface area contributed by atoms with E-state index in [-0.39, 0.29) is 24.4 Å². The van der Waals surface area contributed by atoms with E-state index in [1.165, 1.54) is 10.9 Å². The van der Waals surface area contributed by atoms with Crippen LogP contribution in [0.5, 0.6) is 0 Å². The van der Waals surface area contributed by atoms with Gasteiger partial charge in [-0.1, -0.05) is 0 Å². The summed E-state index contributed by atoms with van der Waals surface area (Å²) in [6.07, 6.45) is 4.16. The van der Waals surface area contributed by atoms with Crippen molar-refractivity contribution in [3.05, 3.63) is 12.4 Å². The summed E-state index contributed by atoms with van der Waals surface area (Å²) in [6.45, 7) is 3.36. The second-order valence-corrected chi connectivity index (χ2v) is 5.64. The fourth-order valence-electron chi connectivity index (χ4n) is 1.72. The maximum atomic E-state index is 11.7. The third-order valence-electron chi connectivity index (χ3n) is 2.93. The number of amides is 2. The van der Waals surface area contributed by atoms with Crippen molar-refractivity contribution in [1.82, 2.24) is 20.0 Å². The van der Waals surface area contributed by atoms with Crippen LogP contribution in [0.2, 0.25) is 0 Å². The summed E-state index contributed by atoms with van der Waals surface area (Å²) in [5, 5.41) is 9.59. The molecule has 0 radical (unpaired) electrons. The summed E-state index contributed by atoms with van der Waals surface area (Å²) in [5.41, 5.74) is 6.19. The monoisotopic (exact) mass is 310 g/mol. The smallest absolute Gasteiger partial charge is 0.241 e. The zero-order chi connectivity index (χ0) is 16.5. The molecule has 1 aromatic heterocycles. The summed E-state index contributed by atoms with van der Waals surface area (Å²) in [7, 11) is 3.89. The summed E-state index contributed by atoms with van der Waals surface area (Å²) in [6, 6.07) is -0.000616. The molecular weight excluding hydrogens is 284 g/mol. The molecule has 22 heavy (non-hydrogen) atoms. The number of nitrogens with two attached hydrogens (primary N) is 1. The van der Waals surface area contributed by atoms with Crippen LogP contribution in [-0.2, 0) is 16.1 Å². The maximum Gasteiger partial charge on any atom is 0.241 e. The molecule has 0 aliphatic carbocycles. The Bertz CT molecular complexity index is 483. The standard InChI is InChI=1S/C14H26N6O2/c1-11(15)4-5-13(21)18-12-8-17-20(9-12)10-14(22)16-6-7-19(2)3/h8-9,11H,4-7,10,15H2,1-3H3,(H,16,22)(H,18,21). The number of hydrogen-bond acceptors (Lipinski definition) is 5. The quantitative estimate of drug-likeness (QED) is 0.577.